The Bertz CT molecular complexity index is 658. The largest absolute Gasteiger partial charge is 0.490 e. The third kappa shape index (κ3) is 2.95. The molecule has 2 aromatic carbocycles. The number of fused-ring (bicyclic) bond motifs is 1. The molecule has 1 N–H and O–H groups in total. The summed E-state index contributed by atoms with van der Waals surface area (Å²) >= 11 is 0. The van der Waals surface area contributed by atoms with Crippen molar-refractivity contribution in [2.45, 2.75) is 31.8 Å². The van der Waals surface area contributed by atoms with Gasteiger partial charge in [-0.2, -0.15) is 0 Å². The summed E-state index contributed by atoms with van der Waals surface area (Å²) in [5.74, 6) is 6.56. The van der Waals surface area contributed by atoms with Crippen LogP contribution in [0.5, 0.6) is 5.75 Å². The summed E-state index contributed by atoms with van der Waals surface area (Å²) in [6, 6.07) is 12.3. The summed E-state index contributed by atoms with van der Waals surface area (Å²) in [6.45, 7) is -0.105. The maximum atomic E-state index is 8.72. The Labute approximate surface area is 119 Å². The summed E-state index contributed by atoms with van der Waals surface area (Å²) < 4.78 is 6.02. The molecule has 1 aliphatic carbocycles. The fraction of sp³-hybridized carbons (Fsp3) is 0.333. The normalized spacial score (nSPS) is 15.1. The Morgan fingerprint density at radius 2 is 1.80 bits per heavy atom. The Morgan fingerprint density at radius 3 is 2.60 bits per heavy atom. The number of aliphatic hydroxyl groups excluding tert-OH is 1. The lowest BCUT2D eigenvalue weighted by atomic mass is 10.1. The van der Waals surface area contributed by atoms with Crippen LogP contribution in [0, 0.1) is 11.8 Å². The molecule has 0 heterocycles. The molecular weight excluding hydrogens is 248 g/mol. The first-order valence-electron chi connectivity index (χ1n) is 7.15. The maximum Gasteiger partial charge on any atom is 0.120 e. The fourth-order valence-electron chi connectivity index (χ4n) is 2.72. The van der Waals surface area contributed by atoms with Gasteiger partial charge in [-0.3, -0.25) is 0 Å². The zero-order chi connectivity index (χ0) is 13.8. The van der Waals surface area contributed by atoms with E-state index in [-0.39, 0.29) is 6.61 Å². The van der Waals surface area contributed by atoms with Gasteiger partial charge in [-0.1, -0.05) is 24.0 Å². The van der Waals surface area contributed by atoms with E-state index < -0.39 is 0 Å². The van der Waals surface area contributed by atoms with Crippen LogP contribution >= 0.6 is 0 Å². The summed E-state index contributed by atoms with van der Waals surface area (Å²) in [4.78, 5) is 0. The van der Waals surface area contributed by atoms with Gasteiger partial charge in [-0.25, -0.2) is 0 Å². The molecule has 2 aromatic rings. The summed E-state index contributed by atoms with van der Waals surface area (Å²) in [7, 11) is 0. The highest BCUT2D eigenvalue weighted by Crippen LogP contribution is 2.27. The standard InChI is InChI=1S/C18H18O2/c19-11-3-4-14-7-8-16-13-18(10-9-15(16)12-14)20-17-5-1-2-6-17/h7-10,12-13,17,19H,1-2,5-6,11H2. The van der Waals surface area contributed by atoms with Crippen LogP contribution in [0.4, 0.5) is 0 Å². The summed E-state index contributed by atoms with van der Waals surface area (Å²) in [5, 5.41) is 11.0. The van der Waals surface area contributed by atoms with E-state index in [9.17, 15) is 0 Å². The highest BCUT2D eigenvalue weighted by Gasteiger charge is 2.16. The third-order valence-electron chi connectivity index (χ3n) is 3.73. The molecule has 3 rings (SSSR count). The van der Waals surface area contributed by atoms with Crippen molar-refractivity contribution in [3.63, 3.8) is 0 Å². The summed E-state index contributed by atoms with van der Waals surface area (Å²) in [5.41, 5.74) is 0.927. The summed E-state index contributed by atoms with van der Waals surface area (Å²) in [6.07, 6.45) is 5.31. The molecule has 2 nitrogen and oxygen atoms in total. The predicted molar refractivity (Wildman–Crippen MR) is 80.8 cm³/mol. The lowest BCUT2D eigenvalue weighted by molar-refractivity contribution is 0.210. The van der Waals surface area contributed by atoms with Crippen LogP contribution < -0.4 is 4.74 Å². The van der Waals surface area contributed by atoms with Crippen molar-refractivity contribution < 1.29 is 9.84 Å². The molecule has 1 aliphatic rings. The second-order valence-corrected chi connectivity index (χ2v) is 5.21. The van der Waals surface area contributed by atoms with E-state index in [0.717, 1.165) is 22.1 Å². The molecule has 0 spiro atoms. The third-order valence-corrected chi connectivity index (χ3v) is 3.73. The van der Waals surface area contributed by atoms with Crippen molar-refractivity contribution >= 4 is 10.8 Å². The van der Waals surface area contributed by atoms with Gasteiger partial charge in [0, 0.05) is 5.56 Å². The molecule has 102 valence electrons. The highest BCUT2D eigenvalue weighted by atomic mass is 16.5. The van der Waals surface area contributed by atoms with Gasteiger partial charge in [0.25, 0.3) is 0 Å². The van der Waals surface area contributed by atoms with Gasteiger partial charge in [0.2, 0.25) is 0 Å². The Morgan fingerprint density at radius 1 is 1.05 bits per heavy atom. The predicted octanol–water partition coefficient (Wildman–Crippen LogP) is 3.51. The number of benzene rings is 2. The quantitative estimate of drug-likeness (QED) is 0.843. The smallest absolute Gasteiger partial charge is 0.120 e. The number of hydrogen-bond acceptors (Lipinski definition) is 2. The fourth-order valence-corrected chi connectivity index (χ4v) is 2.72. The van der Waals surface area contributed by atoms with Gasteiger partial charge < -0.3 is 9.84 Å². The molecule has 1 saturated carbocycles. The first-order valence-corrected chi connectivity index (χ1v) is 7.15. The number of aliphatic hydroxyl groups is 1. The van der Waals surface area contributed by atoms with E-state index in [1.54, 1.807) is 0 Å². The molecule has 1 fully saturated rings. The lowest BCUT2D eigenvalue weighted by Crippen LogP contribution is -2.10. The second-order valence-electron chi connectivity index (χ2n) is 5.21. The Hall–Kier alpha value is -1.98. The number of hydrogen-bond donors (Lipinski definition) is 1. The average Bonchev–Trinajstić information content (AvgIpc) is 2.98. The molecule has 0 radical (unpaired) electrons. The van der Waals surface area contributed by atoms with Crippen molar-refractivity contribution in [3.8, 4) is 17.6 Å². The van der Waals surface area contributed by atoms with Crippen LogP contribution in [-0.4, -0.2) is 17.8 Å². The number of rotatable bonds is 2. The van der Waals surface area contributed by atoms with E-state index in [4.69, 9.17) is 9.84 Å². The van der Waals surface area contributed by atoms with Crippen LogP contribution in [0.3, 0.4) is 0 Å². The SMILES string of the molecule is OCC#Cc1ccc2cc(OC3CCCC3)ccc2c1. The molecule has 0 aliphatic heterocycles. The first kappa shape index (κ1) is 13.0. The maximum absolute atomic E-state index is 8.72. The van der Waals surface area contributed by atoms with Gasteiger partial charge in [0.1, 0.15) is 12.4 Å². The van der Waals surface area contributed by atoms with Gasteiger partial charge in [0.15, 0.2) is 0 Å². The minimum Gasteiger partial charge on any atom is -0.490 e. The average molecular weight is 266 g/mol. The van der Waals surface area contributed by atoms with Gasteiger partial charge in [-0.05, 0) is 60.7 Å². The van der Waals surface area contributed by atoms with Crippen molar-refractivity contribution in [2.24, 2.45) is 0 Å². The molecule has 0 saturated heterocycles. The second kappa shape index (κ2) is 5.98. The minimum atomic E-state index is -0.105. The molecule has 2 heteroatoms. The van der Waals surface area contributed by atoms with E-state index in [1.807, 2.05) is 18.2 Å². The molecular formula is C18H18O2. The van der Waals surface area contributed by atoms with Crippen LogP contribution in [0.1, 0.15) is 31.2 Å². The van der Waals surface area contributed by atoms with E-state index >= 15 is 0 Å². The van der Waals surface area contributed by atoms with Crippen LogP contribution in [-0.2, 0) is 0 Å². The van der Waals surface area contributed by atoms with Gasteiger partial charge in [-0.15, -0.1) is 0 Å². The Balaban J connectivity index is 1.84. The van der Waals surface area contributed by atoms with E-state index in [1.165, 1.54) is 25.7 Å². The van der Waals surface area contributed by atoms with E-state index in [0.29, 0.717) is 6.10 Å². The molecule has 0 unspecified atom stereocenters. The van der Waals surface area contributed by atoms with Crippen molar-refractivity contribution in [1.82, 2.24) is 0 Å². The van der Waals surface area contributed by atoms with E-state index in [2.05, 4.69) is 30.0 Å². The van der Waals surface area contributed by atoms with Crippen molar-refractivity contribution in [1.29, 1.82) is 0 Å². The highest BCUT2D eigenvalue weighted by molar-refractivity contribution is 5.85. The van der Waals surface area contributed by atoms with Crippen LogP contribution in [0.15, 0.2) is 36.4 Å². The molecule has 0 atom stereocenters. The molecule has 0 amide bonds. The Kier molecular flexibility index (Phi) is 3.90. The van der Waals surface area contributed by atoms with Crippen molar-refractivity contribution in [3.05, 3.63) is 42.0 Å². The zero-order valence-electron chi connectivity index (χ0n) is 11.4. The van der Waals surface area contributed by atoms with Crippen molar-refractivity contribution in [2.75, 3.05) is 6.61 Å². The topological polar surface area (TPSA) is 29.5 Å². The minimum absolute atomic E-state index is 0.105. The van der Waals surface area contributed by atoms with Crippen LogP contribution in [0.25, 0.3) is 10.8 Å². The van der Waals surface area contributed by atoms with Gasteiger partial charge in [0.05, 0.1) is 6.10 Å². The molecule has 20 heavy (non-hydrogen) atoms. The lowest BCUT2D eigenvalue weighted by Gasteiger charge is -2.13. The van der Waals surface area contributed by atoms with Crippen LogP contribution in [0.2, 0.25) is 0 Å². The molecule has 0 bridgehead atoms. The monoisotopic (exact) mass is 266 g/mol. The zero-order valence-corrected chi connectivity index (χ0v) is 11.4. The number of ether oxygens (including phenoxy) is 1. The molecule has 0 aromatic heterocycles. The first-order chi connectivity index (χ1) is 9.85. The van der Waals surface area contributed by atoms with Gasteiger partial charge >= 0.3 is 0 Å².